The average molecular weight is 368 g/mol. The maximum absolute atomic E-state index is 9.52. The normalized spacial score (nSPS) is 22.3. The SMILES string of the molecule is CCNC(=NCC1(CCO)CCCCC1)NCC1(CCOC)CCCC1. The molecule has 2 aliphatic rings. The van der Waals surface area contributed by atoms with Gasteiger partial charge in [0.05, 0.1) is 0 Å². The Morgan fingerprint density at radius 3 is 2.23 bits per heavy atom. The third-order valence-corrected chi connectivity index (χ3v) is 6.60. The van der Waals surface area contributed by atoms with E-state index in [-0.39, 0.29) is 12.0 Å². The zero-order valence-electron chi connectivity index (χ0n) is 17.1. The van der Waals surface area contributed by atoms with Crippen molar-refractivity contribution in [2.75, 3.05) is 40.0 Å². The minimum Gasteiger partial charge on any atom is -0.396 e. The second-order valence-electron chi connectivity index (χ2n) is 8.53. The lowest BCUT2D eigenvalue weighted by Crippen LogP contribution is -2.44. The van der Waals surface area contributed by atoms with Crippen molar-refractivity contribution in [3.8, 4) is 0 Å². The van der Waals surface area contributed by atoms with Crippen LogP contribution in [-0.2, 0) is 4.74 Å². The summed E-state index contributed by atoms with van der Waals surface area (Å²) in [7, 11) is 1.80. The first-order valence-electron chi connectivity index (χ1n) is 10.8. The van der Waals surface area contributed by atoms with Gasteiger partial charge in [-0.2, -0.15) is 0 Å². The number of aliphatic imine (C=N–C) groups is 1. The predicted octanol–water partition coefficient (Wildman–Crippen LogP) is 3.47. The van der Waals surface area contributed by atoms with Gasteiger partial charge in [-0.15, -0.1) is 0 Å². The van der Waals surface area contributed by atoms with Crippen LogP contribution in [0.5, 0.6) is 0 Å². The van der Waals surface area contributed by atoms with E-state index in [0.29, 0.717) is 5.41 Å². The van der Waals surface area contributed by atoms with Gasteiger partial charge in [0, 0.05) is 40.0 Å². The van der Waals surface area contributed by atoms with Gasteiger partial charge in [0.15, 0.2) is 5.96 Å². The minimum atomic E-state index is 0.205. The zero-order chi connectivity index (χ0) is 18.7. The van der Waals surface area contributed by atoms with Crippen molar-refractivity contribution in [3.05, 3.63) is 0 Å². The van der Waals surface area contributed by atoms with Crippen molar-refractivity contribution >= 4 is 5.96 Å². The van der Waals surface area contributed by atoms with E-state index >= 15 is 0 Å². The summed E-state index contributed by atoms with van der Waals surface area (Å²) in [6, 6.07) is 0. The number of ether oxygens (including phenoxy) is 1. The number of methoxy groups -OCH3 is 1. The molecule has 152 valence electrons. The van der Waals surface area contributed by atoms with E-state index in [9.17, 15) is 5.11 Å². The van der Waals surface area contributed by atoms with E-state index in [0.717, 1.165) is 45.0 Å². The summed E-state index contributed by atoms with van der Waals surface area (Å²) in [6.07, 6.45) is 13.5. The molecule has 0 aromatic rings. The van der Waals surface area contributed by atoms with E-state index in [4.69, 9.17) is 9.73 Å². The Morgan fingerprint density at radius 2 is 1.62 bits per heavy atom. The fourth-order valence-electron chi connectivity index (χ4n) is 4.84. The third-order valence-electron chi connectivity index (χ3n) is 6.60. The van der Waals surface area contributed by atoms with Crippen molar-refractivity contribution < 1.29 is 9.84 Å². The molecular formula is C21H41N3O2. The summed E-state index contributed by atoms with van der Waals surface area (Å²) >= 11 is 0. The molecular weight excluding hydrogens is 326 g/mol. The molecule has 0 aliphatic heterocycles. The Balaban J connectivity index is 1.96. The van der Waals surface area contributed by atoms with Crippen LogP contribution in [0.4, 0.5) is 0 Å². The Labute approximate surface area is 160 Å². The Kier molecular flexibility index (Phi) is 9.20. The summed E-state index contributed by atoms with van der Waals surface area (Å²) in [5, 5.41) is 16.6. The van der Waals surface area contributed by atoms with Crippen LogP contribution in [0.25, 0.3) is 0 Å². The number of hydrogen-bond donors (Lipinski definition) is 3. The molecule has 3 N–H and O–H groups in total. The first-order chi connectivity index (χ1) is 12.7. The number of guanidine groups is 1. The fourth-order valence-corrected chi connectivity index (χ4v) is 4.84. The van der Waals surface area contributed by atoms with Gasteiger partial charge in [0.1, 0.15) is 0 Å². The largest absolute Gasteiger partial charge is 0.396 e. The standard InChI is InChI=1S/C21H41N3O2/c1-3-22-19(23-17-20(13-15-25)9-5-4-6-10-20)24-18-21(14-16-26-2)11-7-8-12-21/h25H,3-18H2,1-2H3,(H2,22,23,24). The van der Waals surface area contributed by atoms with Gasteiger partial charge >= 0.3 is 0 Å². The maximum Gasteiger partial charge on any atom is 0.191 e. The lowest BCUT2D eigenvalue weighted by Gasteiger charge is -2.36. The van der Waals surface area contributed by atoms with Gasteiger partial charge in [-0.1, -0.05) is 32.1 Å². The fraction of sp³-hybridized carbons (Fsp3) is 0.952. The van der Waals surface area contributed by atoms with Crippen molar-refractivity contribution in [3.63, 3.8) is 0 Å². The molecule has 5 heteroatoms. The highest BCUT2D eigenvalue weighted by molar-refractivity contribution is 5.79. The van der Waals surface area contributed by atoms with Crippen LogP contribution >= 0.6 is 0 Å². The molecule has 26 heavy (non-hydrogen) atoms. The molecule has 2 rings (SSSR count). The molecule has 0 amide bonds. The van der Waals surface area contributed by atoms with E-state index in [2.05, 4.69) is 17.6 Å². The van der Waals surface area contributed by atoms with Gasteiger partial charge < -0.3 is 20.5 Å². The zero-order valence-corrected chi connectivity index (χ0v) is 17.1. The van der Waals surface area contributed by atoms with E-state index in [1.807, 2.05) is 0 Å². The lowest BCUT2D eigenvalue weighted by atomic mass is 9.72. The molecule has 0 aromatic heterocycles. The average Bonchev–Trinajstić information content (AvgIpc) is 3.13. The maximum atomic E-state index is 9.52. The summed E-state index contributed by atoms with van der Waals surface area (Å²) in [4.78, 5) is 4.95. The van der Waals surface area contributed by atoms with Crippen LogP contribution in [0.1, 0.15) is 77.6 Å². The molecule has 5 nitrogen and oxygen atoms in total. The van der Waals surface area contributed by atoms with Crippen LogP contribution in [0, 0.1) is 10.8 Å². The number of aliphatic hydroxyl groups is 1. The highest BCUT2D eigenvalue weighted by Gasteiger charge is 2.34. The van der Waals surface area contributed by atoms with Crippen LogP contribution in [0.3, 0.4) is 0 Å². The highest BCUT2D eigenvalue weighted by atomic mass is 16.5. The second-order valence-corrected chi connectivity index (χ2v) is 8.53. The van der Waals surface area contributed by atoms with Gasteiger partial charge in [-0.25, -0.2) is 0 Å². The Hall–Kier alpha value is -0.810. The molecule has 0 aromatic carbocycles. The van der Waals surface area contributed by atoms with Crippen molar-refractivity contribution in [2.45, 2.75) is 77.6 Å². The number of aliphatic hydroxyl groups excluding tert-OH is 1. The Bertz CT molecular complexity index is 408. The lowest BCUT2D eigenvalue weighted by molar-refractivity contribution is 0.136. The van der Waals surface area contributed by atoms with Crippen molar-refractivity contribution in [1.29, 1.82) is 0 Å². The van der Waals surface area contributed by atoms with Gasteiger partial charge in [-0.05, 0) is 56.3 Å². The number of nitrogens with one attached hydrogen (secondary N) is 2. The molecule has 2 saturated carbocycles. The van der Waals surface area contributed by atoms with E-state index in [1.165, 1.54) is 57.8 Å². The van der Waals surface area contributed by atoms with Crippen LogP contribution < -0.4 is 10.6 Å². The number of hydrogen-bond acceptors (Lipinski definition) is 3. The summed E-state index contributed by atoms with van der Waals surface area (Å²) < 4.78 is 5.35. The topological polar surface area (TPSA) is 65.9 Å². The number of nitrogens with zero attached hydrogens (tertiary/aromatic N) is 1. The van der Waals surface area contributed by atoms with Crippen molar-refractivity contribution in [1.82, 2.24) is 10.6 Å². The summed E-state index contributed by atoms with van der Waals surface area (Å²) in [5.41, 5.74) is 0.566. The summed E-state index contributed by atoms with van der Waals surface area (Å²) in [5.74, 6) is 0.944. The van der Waals surface area contributed by atoms with Crippen LogP contribution in [0.2, 0.25) is 0 Å². The second kappa shape index (κ2) is 11.1. The van der Waals surface area contributed by atoms with Gasteiger partial charge in [0.25, 0.3) is 0 Å². The molecule has 0 atom stereocenters. The van der Waals surface area contributed by atoms with Gasteiger partial charge in [0.2, 0.25) is 0 Å². The molecule has 0 spiro atoms. The smallest absolute Gasteiger partial charge is 0.191 e. The molecule has 0 saturated heterocycles. The van der Waals surface area contributed by atoms with E-state index < -0.39 is 0 Å². The third kappa shape index (κ3) is 6.41. The van der Waals surface area contributed by atoms with Crippen LogP contribution in [0.15, 0.2) is 4.99 Å². The first kappa shape index (κ1) is 21.5. The predicted molar refractivity (Wildman–Crippen MR) is 109 cm³/mol. The van der Waals surface area contributed by atoms with E-state index in [1.54, 1.807) is 7.11 Å². The quantitative estimate of drug-likeness (QED) is 0.409. The molecule has 0 radical (unpaired) electrons. The van der Waals surface area contributed by atoms with Crippen LogP contribution in [-0.4, -0.2) is 51.0 Å². The first-order valence-corrected chi connectivity index (χ1v) is 10.8. The van der Waals surface area contributed by atoms with Crippen molar-refractivity contribution in [2.24, 2.45) is 15.8 Å². The highest BCUT2D eigenvalue weighted by Crippen LogP contribution is 2.41. The number of rotatable bonds is 10. The molecule has 2 fully saturated rings. The Morgan fingerprint density at radius 1 is 0.962 bits per heavy atom. The molecule has 0 unspecified atom stereocenters. The molecule has 2 aliphatic carbocycles. The molecule has 0 bridgehead atoms. The van der Waals surface area contributed by atoms with Gasteiger partial charge in [-0.3, -0.25) is 4.99 Å². The molecule has 0 heterocycles. The summed E-state index contributed by atoms with van der Waals surface area (Å²) in [6.45, 7) is 5.93. The minimum absolute atomic E-state index is 0.205. The monoisotopic (exact) mass is 367 g/mol.